The van der Waals surface area contributed by atoms with E-state index in [1.54, 1.807) is 36.5 Å². The van der Waals surface area contributed by atoms with Crippen molar-refractivity contribution in [1.82, 2.24) is 15.0 Å². The molecule has 0 amide bonds. The van der Waals surface area contributed by atoms with Gasteiger partial charge in [0.1, 0.15) is 17.2 Å². The first-order valence-electron chi connectivity index (χ1n) is 12.0. The van der Waals surface area contributed by atoms with E-state index in [1.165, 1.54) is 24.3 Å². The zero-order valence-corrected chi connectivity index (χ0v) is 19.8. The second-order valence-electron chi connectivity index (χ2n) is 8.81. The van der Waals surface area contributed by atoms with Crippen molar-refractivity contribution >= 4 is 28.2 Å². The van der Waals surface area contributed by atoms with Gasteiger partial charge in [-0.25, -0.2) is 23.7 Å². The molecule has 0 aliphatic carbocycles. The molecule has 0 fully saturated rings. The summed E-state index contributed by atoms with van der Waals surface area (Å²) in [5.74, 6) is 1.27. The molecule has 0 N–H and O–H groups in total. The van der Waals surface area contributed by atoms with Crippen molar-refractivity contribution < 1.29 is 13.5 Å². The number of pyridine rings is 1. The molecule has 0 radical (unpaired) electrons. The van der Waals surface area contributed by atoms with E-state index in [4.69, 9.17) is 19.7 Å². The molecule has 5 nitrogen and oxygen atoms in total. The van der Waals surface area contributed by atoms with Crippen LogP contribution in [0.2, 0.25) is 0 Å². The van der Waals surface area contributed by atoms with Crippen LogP contribution in [0, 0.1) is 11.6 Å². The molecule has 0 atom stereocenters. The highest BCUT2D eigenvalue weighted by Gasteiger charge is 2.28. The highest BCUT2D eigenvalue weighted by atomic mass is 19.1. The minimum absolute atomic E-state index is 0.345. The lowest BCUT2D eigenvalue weighted by molar-refractivity contribution is 0.477. The fourth-order valence-corrected chi connectivity index (χ4v) is 4.68. The number of hydrogen-bond acceptors (Lipinski definition) is 5. The quantitative estimate of drug-likeness (QED) is 0.245. The van der Waals surface area contributed by atoms with E-state index in [0.29, 0.717) is 50.9 Å². The summed E-state index contributed by atoms with van der Waals surface area (Å²) in [6.07, 6.45) is 1.69. The molecule has 0 bridgehead atoms. The second-order valence-corrected chi connectivity index (χ2v) is 8.81. The Morgan fingerprint density at radius 1 is 0.579 bits per heavy atom. The summed E-state index contributed by atoms with van der Waals surface area (Å²) in [7, 11) is 0. The predicted octanol–water partition coefficient (Wildman–Crippen LogP) is 8.21. The van der Waals surface area contributed by atoms with Crippen molar-refractivity contribution in [2.75, 3.05) is 4.90 Å². The van der Waals surface area contributed by atoms with Crippen molar-refractivity contribution in [1.29, 1.82) is 0 Å². The van der Waals surface area contributed by atoms with Crippen molar-refractivity contribution in [3.8, 4) is 34.0 Å². The third kappa shape index (κ3) is 3.64. The molecule has 0 saturated carbocycles. The molecule has 7 rings (SSSR count). The maximum absolute atomic E-state index is 13.8. The second kappa shape index (κ2) is 8.74. The van der Waals surface area contributed by atoms with Crippen molar-refractivity contribution in [3.05, 3.63) is 121 Å². The first kappa shape index (κ1) is 22.1. The number of hydrogen-bond donors (Lipinski definition) is 0. The Kier molecular flexibility index (Phi) is 5.07. The molecule has 0 unspecified atom stereocenters. The molecule has 1 aliphatic heterocycles. The van der Waals surface area contributed by atoms with Crippen LogP contribution in [0.1, 0.15) is 0 Å². The number of fused-ring (bicyclic) bond motifs is 3. The van der Waals surface area contributed by atoms with Crippen LogP contribution in [0.3, 0.4) is 0 Å². The van der Waals surface area contributed by atoms with Crippen LogP contribution in [0.15, 0.2) is 109 Å². The SMILES string of the molecule is Fc1ccc(-c2nc3ccnc(N4c5ccccc5Oc5ccccc54)c3nc2-c2ccc(F)cc2)cc1. The zero-order valence-electron chi connectivity index (χ0n) is 19.8. The molecule has 0 saturated heterocycles. The van der Waals surface area contributed by atoms with E-state index in [9.17, 15) is 8.78 Å². The summed E-state index contributed by atoms with van der Waals surface area (Å²) in [6.45, 7) is 0. The summed E-state index contributed by atoms with van der Waals surface area (Å²) < 4.78 is 33.7. The van der Waals surface area contributed by atoms with Crippen LogP contribution < -0.4 is 9.64 Å². The maximum atomic E-state index is 13.8. The normalized spacial score (nSPS) is 12.1. The summed E-state index contributed by atoms with van der Waals surface area (Å²) in [4.78, 5) is 16.8. The van der Waals surface area contributed by atoms with E-state index in [0.717, 1.165) is 11.4 Å². The lowest BCUT2D eigenvalue weighted by atomic mass is 10.0. The summed E-state index contributed by atoms with van der Waals surface area (Å²) in [5, 5.41) is 0. The molecular weight excluding hydrogens is 482 g/mol. The first-order valence-corrected chi connectivity index (χ1v) is 12.0. The molecule has 1 aliphatic rings. The monoisotopic (exact) mass is 500 g/mol. The smallest absolute Gasteiger partial charge is 0.166 e. The number of benzene rings is 4. The van der Waals surface area contributed by atoms with E-state index >= 15 is 0 Å². The van der Waals surface area contributed by atoms with Gasteiger partial charge in [-0.05, 0) is 78.9 Å². The Balaban J connectivity index is 1.52. The number of aromatic nitrogens is 3. The van der Waals surface area contributed by atoms with Gasteiger partial charge in [0.15, 0.2) is 17.3 Å². The first-order chi connectivity index (χ1) is 18.7. The Hall–Kier alpha value is -5.17. The lowest BCUT2D eigenvalue weighted by Crippen LogP contribution is -2.17. The summed E-state index contributed by atoms with van der Waals surface area (Å²) >= 11 is 0. The van der Waals surface area contributed by atoms with Crippen LogP contribution in [0.4, 0.5) is 26.0 Å². The van der Waals surface area contributed by atoms with Gasteiger partial charge in [0, 0.05) is 17.3 Å². The molecule has 0 spiro atoms. The minimum atomic E-state index is -0.352. The minimum Gasteiger partial charge on any atom is -0.453 e. The largest absolute Gasteiger partial charge is 0.453 e. The third-order valence-corrected chi connectivity index (χ3v) is 6.44. The molecule has 2 aromatic heterocycles. The number of anilines is 3. The van der Waals surface area contributed by atoms with Gasteiger partial charge in [0.25, 0.3) is 0 Å². The molecule has 7 heteroatoms. The average Bonchev–Trinajstić information content (AvgIpc) is 2.96. The highest BCUT2D eigenvalue weighted by molar-refractivity contribution is 5.97. The van der Waals surface area contributed by atoms with E-state index in [1.807, 2.05) is 53.4 Å². The fourth-order valence-electron chi connectivity index (χ4n) is 4.68. The van der Waals surface area contributed by atoms with Gasteiger partial charge in [-0.2, -0.15) is 0 Å². The maximum Gasteiger partial charge on any atom is 0.166 e. The van der Waals surface area contributed by atoms with Crippen LogP contribution in [-0.2, 0) is 0 Å². The Morgan fingerprint density at radius 3 is 1.68 bits per heavy atom. The molecule has 182 valence electrons. The number of ether oxygens (including phenoxy) is 1. The highest BCUT2D eigenvalue weighted by Crippen LogP contribution is 2.50. The van der Waals surface area contributed by atoms with Crippen LogP contribution in [0.25, 0.3) is 33.5 Å². The van der Waals surface area contributed by atoms with Crippen molar-refractivity contribution in [3.63, 3.8) is 0 Å². The molecular formula is C31H18F2N4O. The van der Waals surface area contributed by atoms with Gasteiger partial charge in [-0.15, -0.1) is 0 Å². The summed E-state index contributed by atoms with van der Waals surface area (Å²) in [6, 6.07) is 29.4. The van der Waals surface area contributed by atoms with Gasteiger partial charge in [0.2, 0.25) is 0 Å². The number of nitrogens with zero attached hydrogens (tertiary/aromatic N) is 4. The predicted molar refractivity (Wildman–Crippen MR) is 143 cm³/mol. The molecule has 3 heterocycles. The lowest BCUT2D eigenvalue weighted by Gasteiger charge is -2.32. The Bertz CT molecular complexity index is 1780. The van der Waals surface area contributed by atoms with Gasteiger partial charge in [0.05, 0.1) is 28.3 Å². The number of para-hydroxylation sites is 4. The van der Waals surface area contributed by atoms with Crippen LogP contribution >= 0.6 is 0 Å². The molecule has 38 heavy (non-hydrogen) atoms. The number of rotatable bonds is 3. The Morgan fingerprint density at radius 2 is 1.11 bits per heavy atom. The van der Waals surface area contributed by atoms with Crippen molar-refractivity contribution in [2.24, 2.45) is 0 Å². The molecule has 6 aromatic rings. The standard InChI is InChI=1S/C31H18F2N4O/c32-21-13-9-19(10-14-21)28-29(20-11-15-22(33)16-12-20)36-30-23(35-28)17-18-34-31(30)37-24-5-1-3-7-26(24)38-27-8-4-2-6-25(27)37/h1-18H. The average molecular weight is 501 g/mol. The van der Waals surface area contributed by atoms with Gasteiger partial charge in [-0.3, -0.25) is 4.90 Å². The fraction of sp³-hybridized carbons (Fsp3) is 0. The zero-order chi connectivity index (χ0) is 25.6. The van der Waals surface area contributed by atoms with Gasteiger partial charge in [-0.1, -0.05) is 24.3 Å². The van der Waals surface area contributed by atoms with Gasteiger partial charge >= 0.3 is 0 Å². The van der Waals surface area contributed by atoms with Crippen LogP contribution in [-0.4, -0.2) is 15.0 Å². The summed E-state index contributed by atoms with van der Waals surface area (Å²) in [5.41, 5.74) is 5.28. The molecule has 4 aromatic carbocycles. The van der Waals surface area contributed by atoms with E-state index in [2.05, 4.69) is 0 Å². The van der Waals surface area contributed by atoms with Gasteiger partial charge < -0.3 is 4.74 Å². The van der Waals surface area contributed by atoms with E-state index in [-0.39, 0.29) is 11.6 Å². The van der Waals surface area contributed by atoms with E-state index < -0.39 is 0 Å². The van der Waals surface area contributed by atoms with Crippen LogP contribution in [0.5, 0.6) is 11.5 Å². The number of halogens is 2. The topological polar surface area (TPSA) is 51.1 Å². The Labute approximate surface area is 216 Å². The third-order valence-electron chi connectivity index (χ3n) is 6.44. The van der Waals surface area contributed by atoms with Crippen molar-refractivity contribution in [2.45, 2.75) is 0 Å².